The molecule has 1 amide bonds. The van der Waals surface area contributed by atoms with E-state index in [4.69, 9.17) is 25.8 Å². The number of hydrogen-bond acceptors (Lipinski definition) is 8. The number of carbonyl (C=O) groups excluding carboxylic acids is 2. The monoisotopic (exact) mass is 562 g/mol. The number of alkyl halides is 3. The summed E-state index contributed by atoms with van der Waals surface area (Å²) in [5.41, 5.74) is -0.971. The van der Waals surface area contributed by atoms with Crippen LogP contribution in [0.5, 0.6) is 28.7 Å². The maximum atomic E-state index is 15.2. The quantitative estimate of drug-likeness (QED) is 0.273. The third-order valence-corrected chi connectivity index (χ3v) is 5.02. The van der Waals surface area contributed by atoms with Crippen molar-refractivity contribution >= 4 is 29.2 Å². The molecule has 202 valence electrons. The summed E-state index contributed by atoms with van der Waals surface area (Å²) in [7, 11) is 3.19. The Kier molecular flexibility index (Phi) is 8.46. The van der Waals surface area contributed by atoms with Gasteiger partial charge in [-0.3, -0.25) is 4.79 Å². The van der Waals surface area contributed by atoms with E-state index in [0.717, 1.165) is 39.5 Å². The summed E-state index contributed by atoms with van der Waals surface area (Å²) < 4.78 is 91.1. The van der Waals surface area contributed by atoms with Crippen LogP contribution in [0.4, 0.5) is 27.6 Å². The van der Waals surface area contributed by atoms with E-state index in [1.807, 2.05) is 0 Å². The van der Waals surface area contributed by atoms with Crippen LogP contribution in [0.2, 0.25) is 5.02 Å². The van der Waals surface area contributed by atoms with Gasteiger partial charge in [-0.1, -0.05) is 11.6 Å². The maximum Gasteiger partial charge on any atom is 0.573 e. The molecular weight excluding hydrogens is 547 g/mol. The molecule has 3 rings (SSSR count). The van der Waals surface area contributed by atoms with Gasteiger partial charge < -0.3 is 29.0 Å². The van der Waals surface area contributed by atoms with Crippen LogP contribution in [-0.2, 0) is 4.74 Å². The molecule has 0 aliphatic carbocycles. The lowest BCUT2D eigenvalue weighted by Gasteiger charge is -2.18. The SMILES string of the molecule is COC(=O)c1cc(NC(=O)c2c(Oc3ccc(OC(F)(F)F)c(F)c3OC)cc(OC)c(Cl)c2F)ccn1. The summed E-state index contributed by atoms with van der Waals surface area (Å²) in [6, 6.07) is 4.85. The molecular formula is C23H16ClF5N2O7. The molecule has 9 nitrogen and oxygen atoms in total. The second-order valence-electron chi connectivity index (χ2n) is 7.01. The Bertz CT molecular complexity index is 1390. The van der Waals surface area contributed by atoms with Crippen molar-refractivity contribution in [1.82, 2.24) is 4.98 Å². The average Bonchev–Trinajstić information content (AvgIpc) is 2.86. The molecule has 0 atom stereocenters. The van der Waals surface area contributed by atoms with Crippen LogP contribution in [0.3, 0.4) is 0 Å². The normalized spacial score (nSPS) is 11.0. The predicted molar refractivity (Wildman–Crippen MR) is 121 cm³/mol. The summed E-state index contributed by atoms with van der Waals surface area (Å²) in [5.74, 6) is -8.32. The number of pyridine rings is 1. The molecule has 1 heterocycles. The number of nitrogens with one attached hydrogen (secondary N) is 1. The molecule has 3 aromatic rings. The molecule has 0 saturated heterocycles. The zero-order valence-corrected chi connectivity index (χ0v) is 20.3. The number of esters is 1. The van der Waals surface area contributed by atoms with E-state index in [-0.39, 0.29) is 17.1 Å². The van der Waals surface area contributed by atoms with E-state index >= 15 is 4.39 Å². The van der Waals surface area contributed by atoms with Gasteiger partial charge in [-0.15, -0.1) is 13.2 Å². The molecule has 0 aliphatic rings. The number of aromatic nitrogens is 1. The van der Waals surface area contributed by atoms with Gasteiger partial charge in [0.05, 0.1) is 21.3 Å². The van der Waals surface area contributed by atoms with Gasteiger partial charge in [0, 0.05) is 18.0 Å². The molecule has 0 fully saturated rings. The van der Waals surface area contributed by atoms with E-state index in [2.05, 4.69) is 19.8 Å². The van der Waals surface area contributed by atoms with Crippen LogP contribution in [0.15, 0.2) is 36.5 Å². The molecule has 0 radical (unpaired) electrons. The lowest BCUT2D eigenvalue weighted by molar-refractivity contribution is -0.275. The highest BCUT2D eigenvalue weighted by molar-refractivity contribution is 6.33. The van der Waals surface area contributed by atoms with Crippen molar-refractivity contribution in [2.75, 3.05) is 26.6 Å². The highest BCUT2D eigenvalue weighted by atomic mass is 35.5. The maximum absolute atomic E-state index is 15.2. The Morgan fingerprint density at radius 3 is 2.21 bits per heavy atom. The van der Waals surface area contributed by atoms with Crippen LogP contribution in [0.25, 0.3) is 0 Å². The summed E-state index contributed by atoms with van der Waals surface area (Å²) in [6.45, 7) is 0. The number of carbonyl (C=O) groups is 2. The Morgan fingerprint density at radius 1 is 0.921 bits per heavy atom. The van der Waals surface area contributed by atoms with Gasteiger partial charge in [0.15, 0.2) is 17.3 Å². The number of anilines is 1. The molecule has 1 N–H and O–H groups in total. The van der Waals surface area contributed by atoms with E-state index in [9.17, 15) is 27.2 Å². The highest BCUT2D eigenvalue weighted by Gasteiger charge is 2.34. The molecule has 15 heteroatoms. The minimum absolute atomic E-state index is 0.0000298. The average molecular weight is 563 g/mol. The number of ether oxygens (including phenoxy) is 5. The third kappa shape index (κ3) is 6.14. The van der Waals surface area contributed by atoms with Crippen molar-refractivity contribution in [3.8, 4) is 28.7 Å². The molecule has 1 aromatic heterocycles. The van der Waals surface area contributed by atoms with Gasteiger partial charge in [-0.2, -0.15) is 4.39 Å². The van der Waals surface area contributed by atoms with Gasteiger partial charge in [-0.05, 0) is 24.3 Å². The topological polar surface area (TPSA) is 105 Å². The lowest BCUT2D eigenvalue weighted by Crippen LogP contribution is -2.18. The van der Waals surface area contributed by atoms with Crippen LogP contribution < -0.4 is 24.3 Å². The molecule has 0 unspecified atom stereocenters. The summed E-state index contributed by atoms with van der Waals surface area (Å²) >= 11 is 5.96. The number of hydrogen-bond donors (Lipinski definition) is 1. The van der Waals surface area contributed by atoms with Crippen molar-refractivity contribution in [2.45, 2.75) is 6.36 Å². The van der Waals surface area contributed by atoms with Gasteiger partial charge in [0.1, 0.15) is 27.8 Å². The minimum Gasteiger partial charge on any atom is -0.495 e. The first-order valence-electron chi connectivity index (χ1n) is 10.1. The van der Waals surface area contributed by atoms with Crippen molar-refractivity contribution in [3.63, 3.8) is 0 Å². The Labute approximate surface area is 216 Å². The summed E-state index contributed by atoms with van der Waals surface area (Å²) in [5, 5.41) is 1.72. The number of rotatable bonds is 8. The first-order chi connectivity index (χ1) is 17.9. The van der Waals surface area contributed by atoms with E-state index in [0.29, 0.717) is 6.07 Å². The van der Waals surface area contributed by atoms with Crippen molar-refractivity contribution in [2.24, 2.45) is 0 Å². The number of benzene rings is 2. The number of amides is 1. The fraction of sp³-hybridized carbons (Fsp3) is 0.174. The Balaban J connectivity index is 2.07. The van der Waals surface area contributed by atoms with E-state index in [1.54, 1.807) is 0 Å². The second-order valence-corrected chi connectivity index (χ2v) is 7.39. The Morgan fingerprint density at radius 2 is 1.61 bits per heavy atom. The minimum atomic E-state index is -5.20. The third-order valence-electron chi connectivity index (χ3n) is 4.67. The van der Waals surface area contributed by atoms with Gasteiger partial charge in [0.2, 0.25) is 11.6 Å². The van der Waals surface area contributed by atoms with Crippen LogP contribution in [0, 0.1) is 11.6 Å². The highest BCUT2D eigenvalue weighted by Crippen LogP contribution is 2.43. The molecule has 0 bridgehead atoms. The second kappa shape index (κ2) is 11.4. The molecule has 2 aromatic carbocycles. The summed E-state index contributed by atoms with van der Waals surface area (Å²) in [6.07, 6.45) is -4.03. The van der Waals surface area contributed by atoms with Gasteiger partial charge >= 0.3 is 12.3 Å². The fourth-order valence-electron chi connectivity index (χ4n) is 3.05. The molecule has 0 spiro atoms. The van der Waals surface area contributed by atoms with Crippen LogP contribution >= 0.6 is 11.6 Å². The first kappa shape index (κ1) is 28.2. The van der Waals surface area contributed by atoms with Crippen molar-refractivity contribution in [1.29, 1.82) is 0 Å². The zero-order chi connectivity index (χ0) is 28.2. The fourth-order valence-corrected chi connectivity index (χ4v) is 3.28. The largest absolute Gasteiger partial charge is 0.573 e. The number of methoxy groups -OCH3 is 3. The Hall–Kier alpha value is -4.33. The number of halogens is 6. The standard InChI is InChI=1S/C23H16ClF5N2O7/c1-34-15-9-14(37-13-5-4-12(38-23(27,28)29)18(25)20(13)35-2)16(19(26)17(15)24)21(32)31-10-6-7-30-11(8-10)22(33)36-3/h4-9H,1-3H3,(H,30,31,32). The predicted octanol–water partition coefficient (Wildman–Crippen LogP) is 5.76. The van der Waals surface area contributed by atoms with E-state index in [1.165, 1.54) is 12.3 Å². The summed E-state index contributed by atoms with van der Waals surface area (Å²) in [4.78, 5) is 28.6. The first-order valence-corrected chi connectivity index (χ1v) is 10.5. The van der Waals surface area contributed by atoms with E-state index < -0.39 is 63.5 Å². The van der Waals surface area contributed by atoms with Crippen molar-refractivity contribution in [3.05, 3.63) is 64.4 Å². The zero-order valence-electron chi connectivity index (χ0n) is 19.5. The van der Waals surface area contributed by atoms with Crippen LogP contribution in [-0.4, -0.2) is 44.6 Å². The van der Waals surface area contributed by atoms with Gasteiger partial charge in [0.25, 0.3) is 5.91 Å². The molecule has 0 aliphatic heterocycles. The smallest absolute Gasteiger partial charge is 0.495 e. The number of nitrogens with zero attached hydrogens (tertiary/aromatic N) is 1. The van der Waals surface area contributed by atoms with Crippen molar-refractivity contribution < 1.29 is 55.2 Å². The molecule has 0 saturated carbocycles. The lowest BCUT2D eigenvalue weighted by atomic mass is 10.1. The molecule has 38 heavy (non-hydrogen) atoms. The van der Waals surface area contributed by atoms with Gasteiger partial charge in [-0.25, -0.2) is 14.2 Å². The van der Waals surface area contributed by atoms with Crippen LogP contribution in [0.1, 0.15) is 20.8 Å².